The summed E-state index contributed by atoms with van der Waals surface area (Å²) in [5.74, 6) is 0. The predicted molar refractivity (Wildman–Crippen MR) is 80.6 cm³/mol. The van der Waals surface area contributed by atoms with Gasteiger partial charge in [-0.25, -0.2) is 8.42 Å². The van der Waals surface area contributed by atoms with Crippen molar-refractivity contribution in [3.8, 4) is 0 Å². The lowest BCUT2D eigenvalue weighted by Crippen LogP contribution is -2.46. The van der Waals surface area contributed by atoms with E-state index in [-0.39, 0.29) is 4.90 Å². The average Bonchev–Trinajstić information content (AvgIpc) is 2.46. The van der Waals surface area contributed by atoms with Gasteiger partial charge in [-0.15, -0.1) is 0 Å². The summed E-state index contributed by atoms with van der Waals surface area (Å²) < 4.78 is 26.1. The second-order valence-electron chi connectivity index (χ2n) is 4.87. The minimum absolute atomic E-state index is 0.282. The van der Waals surface area contributed by atoms with E-state index in [1.165, 1.54) is 4.31 Å². The van der Waals surface area contributed by atoms with Crippen LogP contribution in [0.2, 0.25) is 5.02 Å². The quantitative estimate of drug-likeness (QED) is 0.875. The Morgan fingerprint density at radius 1 is 1.25 bits per heavy atom. The Hall–Kier alpha value is -0.660. The molecule has 0 aromatic heterocycles. The summed E-state index contributed by atoms with van der Waals surface area (Å²) in [7, 11) is -1.81. The molecule has 1 fully saturated rings. The highest BCUT2D eigenvalue weighted by atomic mass is 35.5. The van der Waals surface area contributed by atoms with E-state index >= 15 is 0 Å². The number of sulfonamides is 1. The van der Waals surface area contributed by atoms with Gasteiger partial charge in [0.15, 0.2) is 0 Å². The molecule has 1 aliphatic heterocycles. The summed E-state index contributed by atoms with van der Waals surface area (Å²) in [5, 5.41) is 3.81. The lowest BCUT2D eigenvalue weighted by molar-refractivity contribution is 0.229. The van der Waals surface area contributed by atoms with E-state index in [9.17, 15) is 8.42 Å². The van der Waals surface area contributed by atoms with Crippen LogP contribution in [0.3, 0.4) is 0 Å². The summed E-state index contributed by atoms with van der Waals surface area (Å²) in [6.07, 6.45) is 0. The molecule has 1 aliphatic rings. The van der Waals surface area contributed by atoms with Crippen molar-refractivity contribution in [1.29, 1.82) is 0 Å². The molecule has 20 heavy (non-hydrogen) atoms. The largest absolute Gasteiger partial charge is 0.314 e. The summed E-state index contributed by atoms with van der Waals surface area (Å²) in [6, 6.07) is 6.27. The highest BCUT2D eigenvalue weighted by molar-refractivity contribution is 7.89. The van der Waals surface area contributed by atoms with Crippen LogP contribution in [-0.4, -0.2) is 63.9 Å². The first-order valence-electron chi connectivity index (χ1n) is 6.65. The molecule has 0 amide bonds. The highest BCUT2D eigenvalue weighted by Gasteiger charge is 2.21. The van der Waals surface area contributed by atoms with E-state index < -0.39 is 10.0 Å². The molecule has 1 saturated heterocycles. The lowest BCUT2D eigenvalue weighted by atomic mass is 10.3. The number of benzene rings is 1. The van der Waals surface area contributed by atoms with Crippen LogP contribution in [0.15, 0.2) is 29.2 Å². The minimum Gasteiger partial charge on any atom is -0.314 e. The lowest BCUT2D eigenvalue weighted by Gasteiger charge is -2.28. The van der Waals surface area contributed by atoms with Gasteiger partial charge in [-0.2, -0.15) is 4.31 Å². The van der Waals surface area contributed by atoms with E-state index in [1.807, 2.05) is 0 Å². The second-order valence-corrected chi connectivity index (χ2v) is 7.35. The fourth-order valence-corrected chi connectivity index (χ4v) is 3.41. The van der Waals surface area contributed by atoms with E-state index in [4.69, 9.17) is 11.6 Å². The summed E-state index contributed by atoms with van der Waals surface area (Å²) in [4.78, 5) is 2.55. The van der Waals surface area contributed by atoms with Crippen molar-refractivity contribution in [1.82, 2.24) is 14.5 Å². The third-order valence-electron chi connectivity index (χ3n) is 3.46. The maximum atomic E-state index is 12.4. The molecular formula is C13H20ClN3O2S. The molecule has 0 radical (unpaired) electrons. The Morgan fingerprint density at radius 3 is 2.45 bits per heavy atom. The first-order chi connectivity index (χ1) is 9.50. The Morgan fingerprint density at radius 2 is 1.85 bits per heavy atom. The molecule has 1 heterocycles. The van der Waals surface area contributed by atoms with Gasteiger partial charge in [-0.05, 0) is 24.3 Å². The van der Waals surface area contributed by atoms with Gasteiger partial charge in [-0.1, -0.05) is 11.6 Å². The maximum absolute atomic E-state index is 12.4. The van der Waals surface area contributed by atoms with Crippen LogP contribution in [-0.2, 0) is 10.0 Å². The number of rotatable bonds is 5. The van der Waals surface area contributed by atoms with Crippen LogP contribution in [0.25, 0.3) is 0 Å². The first-order valence-corrected chi connectivity index (χ1v) is 8.47. The topological polar surface area (TPSA) is 52.6 Å². The van der Waals surface area contributed by atoms with Gasteiger partial charge < -0.3 is 5.32 Å². The molecule has 0 aliphatic carbocycles. The molecule has 0 atom stereocenters. The van der Waals surface area contributed by atoms with Crippen molar-refractivity contribution in [3.63, 3.8) is 0 Å². The van der Waals surface area contributed by atoms with Crippen LogP contribution >= 0.6 is 11.6 Å². The van der Waals surface area contributed by atoms with E-state index in [2.05, 4.69) is 10.2 Å². The number of piperazine rings is 1. The Balaban J connectivity index is 1.96. The number of hydrogen-bond donors (Lipinski definition) is 1. The number of hydrogen-bond acceptors (Lipinski definition) is 4. The van der Waals surface area contributed by atoms with E-state index in [1.54, 1.807) is 31.3 Å². The zero-order valence-corrected chi connectivity index (χ0v) is 13.1. The van der Waals surface area contributed by atoms with Crippen molar-refractivity contribution >= 4 is 21.6 Å². The number of likely N-dealkylation sites (N-methyl/N-ethyl adjacent to an activating group) is 1. The van der Waals surface area contributed by atoms with Gasteiger partial charge in [0.05, 0.1) is 4.90 Å². The molecule has 1 aromatic rings. The Labute approximate surface area is 125 Å². The Kier molecular flexibility index (Phi) is 5.40. The van der Waals surface area contributed by atoms with Gasteiger partial charge in [0.1, 0.15) is 0 Å². The van der Waals surface area contributed by atoms with Crippen molar-refractivity contribution < 1.29 is 8.42 Å². The molecule has 0 unspecified atom stereocenters. The predicted octanol–water partition coefficient (Wildman–Crippen LogP) is 0.866. The molecule has 112 valence electrons. The number of nitrogens with zero attached hydrogens (tertiary/aromatic N) is 2. The Bertz CT molecular complexity index is 527. The number of nitrogens with one attached hydrogen (secondary N) is 1. The smallest absolute Gasteiger partial charge is 0.242 e. The molecule has 0 saturated carbocycles. The normalized spacial score (nSPS) is 17.6. The van der Waals surface area contributed by atoms with Gasteiger partial charge in [0.25, 0.3) is 0 Å². The molecule has 1 aromatic carbocycles. The fourth-order valence-electron chi connectivity index (χ4n) is 2.12. The first kappa shape index (κ1) is 15.7. The summed E-state index contributed by atoms with van der Waals surface area (Å²) in [6.45, 7) is 5.11. The van der Waals surface area contributed by atoms with Crippen LogP contribution in [0.4, 0.5) is 0 Å². The third kappa shape index (κ3) is 3.93. The molecule has 7 heteroatoms. The van der Waals surface area contributed by atoms with Gasteiger partial charge in [0, 0.05) is 51.3 Å². The second kappa shape index (κ2) is 6.87. The minimum atomic E-state index is -3.42. The molecule has 0 spiro atoms. The summed E-state index contributed by atoms with van der Waals surface area (Å²) >= 11 is 5.78. The van der Waals surface area contributed by atoms with Gasteiger partial charge >= 0.3 is 0 Å². The zero-order chi connectivity index (χ0) is 14.6. The number of halogens is 1. The molecule has 2 rings (SSSR count). The molecular weight excluding hydrogens is 298 g/mol. The van der Waals surface area contributed by atoms with Crippen LogP contribution < -0.4 is 5.32 Å². The highest BCUT2D eigenvalue weighted by Crippen LogP contribution is 2.17. The average molecular weight is 318 g/mol. The van der Waals surface area contributed by atoms with Crippen LogP contribution in [0, 0.1) is 0 Å². The van der Waals surface area contributed by atoms with Gasteiger partial charge in [0.2, 0.25) is 10.0 Å². The van der Waals surface area contributed by atoms with E-state index in [0.29, 0.717) is 11.6 Å². The van der Waals surface area contributed by atoms with Crippen LogP contribution in [0.1, 0.15) is 0 Å². The van der Waals surface area contributed by atoms with Crippen molar-refractivity contribution in [2.24, 2.45) is 0 Å². The molecule has 5 nitrogen and oxygen atoms in total. The summed E-state index contributed by atoms with van der Waals surface area (Å²) in [5.41, 5.74) is 0. The maximum Gasteiger partial charge on any atom is 0.242 e. The molecule has 0 bridgehead atoms. The fraction of sp³-hybridized carbons (Fsp3) is 0.538. The van der Waals surface area contributed by atoms with Crippen LogP contribution in [0.5, 0.6) is 0 Å². The van der Waals surface area contributed by atoms with Crippen molar-refractivity contribution in [2.45, 2.75) is 4.90 Å². The zero-order valence-electron chi connectivity index (χ0n) is 11.5. The van der Waals surface area contributed by atoms with Crippen molar-refractivity contribution in [3.05, 3.63) is 29.3 Å². The van der Waals surface area contributed by atoms with Crippen molar-refractivity contribution in [2.75, 3.05) is 46.3 Å². The monoisotopic (exact) mass is 317 g/mol. The van der Waals surface area contributed by atoms with Gasteiger partial charge in [-0.3, -0.25) is 4.90 Å². The SMILES string of the molecule is CN(CCN1CCNCC1)S(=O)(=O)c1ccc(Cl)cc1. The van der Waals surface area contributed by atoms with E-state index in [0.717, 1.165) is 32.7 Å². The standard InChI is InChI=1S/C13H20ClN3O2S/c1-16(10-11-17-8-6-15-7-9-17)20(18,19)13-4-2-12(14)3-5-13/h2-5,15H,6-11H2,1H3. The third-order valence-corrected chi connectivity index (χ3v) is 5.59. The molecule has 1 N–H and O–H groups in total.